The van der Waals surface area contributed by atoms with E-state index in [1.807, 2.05) is 0 Å². The number of pyridine rings is 1. The van der Waals surface area contributed by atoms with Crippen LogP contribution in [0.15, 0.2) is 12.1 Å². The Balaban J connectivity index is 3.18. The van der Waals surface area contributed by atoms with E-state index in [2.05, 4.69) is 4.98 Å². The Morgan fingerprint density at radius 2 is 1.92 bits per heavy atom. The molecule has 0 amide bonds. The van der Waals surface area contributed by atoms with Crippen LogP contribution in [-0.4, -0.2) is 10.1 Å². The summed E-state index contributed by atoms with van der Waals surface area (Å²) < 4.78 is 35.9. The summed E-state index contributed by atoms with van der Waals surface area (Å²) in [5.41, 5.74) is -1.01. The molecule has 0 saturated carbocycles. The summed E-state index contributed by atoms with van der Waals surface area (Å²) in [5, 5.41) is 8.27. The minimum absolute atomic E-state index is 0.387. The Morgan fingerprint density at radius 3 is 2.33 bits per heavy atom. The summed E-state index contributed by atoms with van der Waals surface area (Å²) in [4.78, 5) is 3.17. The molecular weight excluding hydrogens is 195 g/mol. The van der Waals surface area contributed by atoms with E-state index in [0.717, 1.165) is 0 Å². The van der Waals surface area contributed by atoms with Crippen molar-refractivity contribution in [3.05, 3.63) is 22.8 Å². The fourth-order valence-corrected chi connectivity index (χ4v) is 0.851. The average Bonchev–Trinajstić information content (AvgIpc) is 1.82. The fourth-order valence-electron chi connectivity index (χ4n) is 0.647. The first-order valence-electron chi connectivity index (χ1n) is 2.83. The second kappa shape index (κ2) is 2.82. The molecule has 66 valence electrons. The molecule has 1 aromatic heterocycles. The van der Waals surface area contributed by atoms with Gasteiger partial charge in [0.25, 0.3) is 0 Å². The smallest absolute Gasteiger partial charge is 0.416 e. The highest BCUT2D eigenvalue weighted by Gasteiger charge is 2.31. The van der Waals surface area contributed by atoms with Gasteiger partial charge < -0.3 is 5.11 Å². The van der Waals surface area contributed by atoms with E-state index in [4.69, 9.17) is 16.7 Å². The largest absolute Gasteiger partial charge is 0.493 e. The number of hydrogen-bond donors (Lipinski definition) is 1. The van der Waals surface area contributed by atoms with Crippen molar-refractivity contribution in [1.82, 2.24) is 4.98 Å². The van der Waals surface area contributed by atoms with E-state index >= 15 is 0 Å². The normalized spacial score (nSPS) is 11.7. The second-order valence-electron chi connectivity index (χ2n) is 2.03. The highest BCUT2D eigenvalue weighted by atomic mass is 35.5. The van der Waals surface area contributed by atoms with E-state index in [0.29, 0.717) is 12.1 Å². The number of nitrogens with zero attached hydrogens (tertiary/aromatic N) is 1. The van der Waals surface area contributed by atoms with Gasteiger partial charge in [0.05, 0.1) is 5.56 Å². The Labute approximate surface area is 70.6 Å². The average molecular weight is 198 g/mol. The van der Waals surface area contributed by atoms with E-state index in [1.165, 1.54) is 0 Å². The van der Waals surface area contributed by atoms with Gasteiger partial charge in [-0.05, 0) is 6.07 Å². The van der Waals surface area contributed by atoms with E-state index < -0.39 is 17.6 Å². The van der Waals surface area contributed by atoms with Gasteiger partial charge in [0, 0.05) is 6.07 Å². The standard InChI is InChI=1S/C6H3ClF3NO/c7-4-1-3(6(8,9)10)2-5(12)11-4/h1-2H,(H,11,12). The third kappa shape index (κ3) is 2.01. The van der Waals surface area contributed by atoms with Crippen molar-refractivity contribution in [3.63, 3.8) is 0 Å². The van der Waals surface area contributed by atoms with Crippen molar-refractivity contribution in [2.24, 2.45) is 0 Å². The molecule has 1 heterocycles. The Hall–Kier alpha value is -0.970. The molecule has 0 aliphatic rings. The maximum absolute atomic E-state index is 12.0. The second-order valence-corrected chi connectivity index (χ2v) is 2.42. The topological polar surface area (TPSA) is 33.1 Å². The molecule has 0 fully saturated rings. The lowest BCUT2D eigenvalue weighted by Crippen LogP contribution is -2.04. The molecule has 12 heavy (non-hydrogen) atoms. The maximum Gasteiger partial charge on any atom is 0.416 e. The van der Waals surface area contributed by atoms with Crippen LogP contribution < -0.4 is 0 Å². The van der Waals surface area contributed by atoms with Crippen LogP contribution in [0, 0.1) is 0 Å². The Bertz CT molecular complexity index is 279. The molecule has 2 nitrogen and oxygen atoms in total. The molecule has 1 N–H and O–H groups in total. The van der Waals surface area contributed by atoms with Crippen molar-refractivity contribution in [3.8, 4) is 5.88 Å². The van der Waals surface area contributed by atoms with Crippen LogP contribution in [0.4, 0.5) is 13.2 Å². The molecular formula is C6H3ClF3NO. The summed E-state index contributed by atoms with van der Waals surface area (Å²) in [7, 11) is 0. The van der Waals surface area contributed by atoms with Gasteiger partial charge >= 0.3 is 6.18 Å². The van der Waals surface area contributed by atoms with Gasteiger partial charge in [0.2, 0.25) is 5.88 Å². The van der Waals surface area contributed by atoms with Gasteiger partial charge in [-0.1, -0.05) is 11.6 Å². The summed E-state index contributed by atoms with van der Waals surface area (Å²) in [5.74, 6) is -0.741. The molecule has 0 radical (unpaired) electrons. The number of alkyl halides is 3. The molecule has 1 aromatic rings. The van der Waals surface area contributed by atoms with Gasteiger partial charge in [-0.15, -0.1) is 0 Å². The summed E-state index contributed by atoms with van der Waals surface area (Å²) >= 11 is 5.19. The lowest BCUT2D eigenvalue weighted by Gasteiger charge is -2.05. The predicted octanol–water partition coefficient (Wildman–Crippen LogP) is 2.46. The van der Waals surface area contributed by atoms with Crippen LogP contribution in [0.1, 0.15) is 5.56 Å². The summed E-state index contributed by atoms with van der Waals surface area (Å²) in [6.45, 7) is 0. The third-order valence-electron chi connectivity index (χ3n) is 1.11. The van der Waals surface area contributed by atoms with Crippen LogP contribution in [0.2, 0.25) is 5.15 Å². The molecule has 0 aliphatic carbocycles. The molecule has 0 saturated heterocycles. The molecule has 0 spiro atoms. The third-order valence-corrected chi connectivity index (χ3v) is 1.30. The van der Waals surface area contributed by atoms with Crippen molar-refractivity contribution >= 4 is 11.6 Å². The monoisotopic (exact) mass is 197 g/mol. The van der Waals surface area contributed by atoms with Crippen molar-refractivity contribution in [2.75, 3.05) is 0 Å². The van der Waals surface area contributed by atoms with Crippen molar-refractivity contribution in [1.29, 1.82) is 0 Å². The molecule has 0 aliphatic heterocycles. The minimum Gasteiger partial charge on any atom is -0.493 e. The van der Waals surface area contributed by atoms with E-state index in [9.17, 15) is 13.2 Å². The van der Waals surface area contributed by atoms with Crippen molar-refractivity contribution in [2.45, 2.75) is 6.18 Å². The minimum atomic E-state index is -4.51. The van der Waals surface area contributed by atoms with Gasteiger partial charge in [0.15, 0.2) is 0 Å². The summed E-state index contributed by atoms with van der Waals surface area (Å²) in [6.07, 6.45) is -4.51. The van der Waals surface area contributed by atoms with Gasteiger partial charge in [-0.25, -0.2) is 4.98 Å². The lowest BCUT2D eigenvalue weighted by atomic mass is 10.2. The van der Waals surface area contributed by atoms with E-state index in [1.54, 1.807) is 0 Å². The predicted molar refractivity (Wildman–Crippen MR) is 35.9 cm³/mol. The van der Waals surface area contributed by atoms with Crippen LogP contribution in [-0.2, 0) is 6.18 Å². The van der Waals surface area contributed by atoms with Crippen molar-refractivity contribution < 1.29 is 18.3 Å². The van der Waals surface area contributed by atoms with Gasteiger partial charge in [-0.3, -0.25) is 0 Å². The first kappa shape index (κ1) is 9.12. The number of rotatable bonds is 0. The van der Waals surface area contributed by atoms with Crippen LogP contribution in [0.3, 0.4) is 0 Å². The highest BCUT2D eigenvalue weighted by molar-refractivity contribution is 6.29. The van der Waals surface area contributed by atoms with Gasteiger partial charge in [-0.2, -0.15) is 13.2 Å². The highest BCUT2D eigenvalue weighted by Crippen LogP contribution is 2.31. The van der Waals surface area contributed by atoms with Crippen LogP contribution in [0.5, 0.6) is 5.88 Å². The molecule has 6 heteroatoms. The van der Waals surface area contributed by atoms with Crippen LogP contribution in [0.25, 0.3) is 0 Å². The number of aromatic nitrogens is 1. The molecule has 0 aromatic carbocycles. The van der Waals surface area contributed by atoms with Crippen LogP contribution >= 0.6 is 11.6 Å². The number of halogens is 4. The van der Waals surface area contributed by atoms with Gasteiger partial charge in [0.1, 0.15) is 5.15 Å². The zero-order valence-corrected chi connectivity index (χ0v) is 6.32. The fraction of sp³-hybridized carbons (Fsp3) is 0.167. The lowest BCUT2D eigenvalue weighted by molar-refractivity contribution is -0.137. The zero-order valence-electron chi connectivity index (χ0n) is 5.56. The number of aromatic hydroxyl groups is 1. The summed E-state index contributed by atoms with van der Waals surface area (Å²) in [6, 6.07) is 1.15. The SMILES string of the molecule is Oc1cc(C(F)(F)F)cc(Cl)n1. The van der Waals surface area contributed by atoms with E-state index in [-0.39, 0.29) is 5.15 Å². The molecule has 0 unspecified atom stereocenters. The zero-order chi connectivity index (χ0) is 9.35. The Kier molecular flexibility index (Phi) is 2.14. The maximum atomic E-state index is 12.0. The molecule has 1 rings (SSSR count). The number of hydrogen-bond acceptors (Lipinski definition) is 2. The molecule has 0 bridgehead atoms. The first-order valence-corrected chi connectivity index (χ1v) is 3.21. The Morgan fingerprint density at radius 1 is 1.33 bits per heavy atom. The first-order chi connectivity index (χ1) is 5.39. The molecule has 0 atom stereocenters. The quantitative estimate of drug-likeness (QED) is 0.648.